The second kappa shape index (κ2) is 7.31. The van der Waals surface area contributed by atoms with Crippen molar-refractivity contribution < 1.29 is 19.0 Å². The molecule has 0 spiro atoms. The Labute approximate surface area is 131 Å². The standard InChI is InChI=1S/C17H23NO4/c1-5-18-7-6-14(19)13(11-18)8-12-9-16(21-3)17(22-4)10-15(12)20-2/h8-10H,5-7,11H2,1-4H3/b13-8+. The number of carbonyl (C=O) groups is 1. The van der Waals surface area contributed by atoms with Crippen LogP contribution < -0.4 is 14.2 Å². The minimum absolute atomic E-state index is 0.196. The molecular weight excluding hydrogens is 282 g/mol. The SMILES string of the molecule is CCN1CCC(=O)/C(=C/c2cc(OC)c(OC)cc2OC)C1. The minimum Gasteiger partial charge on any atom is -0.496 e. The molecular formula is C17H23NO4. The first-order valence-electron chi connectivity index (χ1n) is 7.39. The second-order valence-corrected chi connectivity index (χ2v) is 5.16. The van der Waals surface area contributed by atoms with Crippen LogP contribution in [-0.4, -0.2) is 51.6 Å². The first-order valence-corrected chi connectivity index (χ1v) is 7.39. The maximum Gasteiger partial charge on any atom is 0.164 e. The highest BCUT2D eigenvalue weighted by molar-refractivity contribution is 6.01. The van der Waals surface area contributed by atoms with E-state index in [4.69, 9.17) is 14.2 Å². The van der Waals surface area contributed by atoms with Gasteiger partial charge in [-0.2, -0.15) is 0 Å². The number of carbonyl (C=O) groups excluding carboxylic acids is 1. The average molecular weight is 305 g/mol. The van der Waals surface area contributed by atoms with Gasteiger partial charge in [0.05, 0.1) is 21.3 Å². The van der Waals surface area contributed by atoms with Gasteiger partial charge in [0.1, 0.15) is 5.75 Å². The molecule has 1 aromatic rings. The van der Waals surface area contributed by atoms with Crippen LogP contribution in [0.4, 0.5) is 0 Å². The lowest BCUT2D eigenvalue weighted by Gasteiger charge is -2.26. The summed E-state index contributed by atoms with van der Waals surface area (Å²) in [5.41, 5.74) is 1.63. The van der Waals surface area contributed by atoms with E-state index >= 15 is 0 Å². The molecule has 2 rings (SSSR count). The summed E-state index contributed by atoms with van der Waals surface area (Å²) < 4.78 is 16.0. The number of ketones is 1. The molecule has 0 saturated carbocycles. The summed E-state index contributed by atoms with van der Waals surface area (Å²) in [4.78, 5) is 14.4. The molecule has 5 heteroatoms. The molecule has 120 valence electrons. The van der Waals surface area contributed by atoms with E-state index < -0.39 is 0 Å². The molecule has 0 aromatic heterocycles. The fourth-order valence-electron chi connectivity index (χ4n) is 2.58. The third kappa shape index (κ3) is 3.42. The van der Waals surface area contributed by atoms with E-state index in [9.17, 15) is 4.79 Å². The molecule has 1 fully saturated rings. The molecule has 0 aliphatic carbocycles. The van der Waals surface area contributed by atoms with Gasteiger partial charge < -0.3 is 14.2 Å². The summed E-state index contributed by atoms with van der Waals surface area (Å²) >= 11 is 0. The number of piperidine rings is 1. The Bertz CT molecular complexity index is 580. The number of hydrogen-bond acceptors (Lipinski definition) is 5. The Kier molecular flexibility index (Phi) is 5.44. The molecule has 22 heavy (non-hydrogen) atoms. The highest BCUT2D eigenvalue weighted by atomic mass is 16.5. The zero-order chi connectivity index (χ0) is 16.1. The lowest BCUT2D eigenvalue weighted by atomic mass is 9.99. The van der Waals surface area contributed by atoms with Gasteiger partial charge in [0, 0.05) is 36.7 Å². The smallest absolute Gasteiger partial charge is 0.164 e. The molecule has 1 saturated heterocycles. The lowest BCUT2D eigenvalue weighted by molar-refractivity contribution is -0.117. The van der Waals surface area contributed by atoms with E-state index in [-0.39, 0.29) is 5.78 Å². The Morgan fingerprint density at radius 1 is 1.09 bits per heavy atom. The zero-order valence-electron chi connectivity index (χ0n) is 13.6. The summed E-state index contributed by atoms with van der Waals surface area (Å²) in [6.45, 7) is 4.54. The normalized spacial score (nSPS) is 17.6. The Morgan fingerprint density at radius 3 is 2.32 bits per heavy atom. The molecule has 0 radical (unpaired) electrons. The number of nitrogens with zero attached hydrogens (tertiary/aromatic N) is 1. The lowest BCUT2D eigenvalue weighted by Crippen LogP contribution is -2.35. The number of hydrogen-bond donors (Lipinski definition) is 0. The molecule has 0 bridgehead atoms. The van der Waals surface area contributed by atoms with Crippen molar-refractivity contribution in [1.82, 2.24) is 4.90 Å². The van der Waals surface area contributed by atoms with Gasteiger partial charge in [-0.05, 0) is 18.7 Å². The van der Waals surface area contributed by atoms with E-state index in [0.29, 0.717) is 30.2 Å². The van der Waals surface area contributed by atoms with Crippen molar-refractivity contribution in [2.75, 3.05) is 41.0 Å². The van der Waals surface area contributed by atoms with Crippen molar-refractivity contribution >= 4 is 11.9 Å². The molecule has 5 nitrogen and oxygen atoms in total. The molecule has 0 N–H and O–H groups in total. The van der Waals surface area contributed by atoms with Gasteiger partial charge in [0.25, 0.3) is 0 Å². The molecule has 1 heterocycles. The van der Waals surface area contributed by atoms with Crippen LogP contribution in [0.1, 0.15) is 18.9 Å². The van der Waals surface area contributed by atoms with E-state index in [2.05, 4.69) is 11.8 Å². The Balaban J connectivity index is 2.42. The highest BCUT2D eigenvalue weighted by Crippen LogP contribution is 2.36. The van der Waals surface area contributed by atoms with Crippen molar-refractivity contribution in [3.8, 4) is 17.2 Å². The molecule has 1 aliphatic rings. The summed E-state index contributed by atoms with van der Waals surface area (Å²) in [7, 11) is 4.77. The van der Waals surface area contributed by atoms with E-state index in [1.54, 1.807) is 27.4 Å². The predicted molar refractivity (Wildman–Crippen MR) is 85.8 cm³/mol. The van der Waals surface area contributed by atoms with Crippen molar-refractivity contribution in [3.05, 3.63) is 23.3 Å². The van der Waals surface area contributed by atoms with Crippen molar-refractivity contribution in [3.63, 3.8) is 0 Å². The van der Waals surface area contributed by atoms with Crippen molar-refractivity contribution in [1.29, 1.82) is 0 Å². The number of likely N-dealkylation sites (tertiary alicyclic amines) is 1. The van der Waals surface area contributed by atoms with Crippen LogP contribution in [-0.2, 0) is 4.79 Å². The largest absolute Gasteiger partial charge is 0.496 e. The van der Waals surface area contributed by atoms with Crippen molar-refractivity contribution in [2.24, 2.45) is 0 Å². The quantitative estimate of drug-likeness (QED) is 0.782. The first-order chi connectivity index (χ1) is 10.6. The van der Waals surface area contributed by atoms with Gasteiger partial charge in [-0.15, -0.1) is 0 Å². The number of Topliss-reactive ketones (excluding diaryl/α,β-unsaturated/α-hetero) is 1. The van der Waals surface area contributed by atoms with Crippen LogP contribution in [0.25, 0.3) is 6.08 Å². The monoisotopic (exact) mass is 305 g/mol. The number of rotatable bonds is 5. The fourth-order valence-corrected chi connectivity index (χ4v) is 2.58. The van der Waals surface area contributed by atoms with Crippen LogP contribution in [0.5, 0.6) is 17.2 Å². The first kappa shape index (κ1) is 16.4. The number of likely N-dealkylation sites (N-methyl/N-ethyl adjacent to an activating group) is 1. The molecule has 0 unspecified atom stereocenters. The highest BCUT2D eigenvalue weighted by Gasteiger charge is 2.21. The van der Waals surface area contributed by atoms with Crippen LogP contribution in [0.2, 0.25) is 0 Å². The van der Waals surface area contributed by atoms with Crippen LogP contribution in [0.15, 0.2) is 17.7 Å². The van der Waals surface area contributed by atoms with Gasteiger partial charge in [0.2, 0.25) is 0 Å². The van der Waals surface area contributed by atoms with Gasteiger partial charge in [-0.1, -0.05) is 6.92 Å². The number of ether oxygens (including phenoxy) is 3. The summed E-state index contributed by atoms with van der Waals surface area (Å²) in [5, 5.41) is 0. The third-order valence-electron chi connectivity index (χ3n) is 3.92. The predicted octanol–water partition coefficient (Wildman–Crippen LogP) is 2.39. The van der Waals surface area contributed by atoms with Gasteiger partial charge >= 0.3 is 0 Å². The fraction of sp³-hybridized carbons (Fsp3) is 0.471. The average Bonchev–Trinajstić information content (AvgIpc) is 2.56. The third-order valence-corrected chi connectivity index (χ3v) is 3.92. The maximum absolute atomic E-state index is 12.1. The van der Waals surface area contributed by atoms with Crippen LogP contribution >= 0.6 is 0 Å². The van der Waals surface area contributed by atoms with Crippen LogP contribution in [0.3, 0.4) is 0 Å². The van der Waals surface area contributed by atoms with E-state index in [1.807, 2.05) is 12.1 Å². The minimum atomic E-state index is 0.196. The maximum atomic E-state index is 12.1. The molecule has 1 aliphatic heterocycles. The van der Waals surface area contributed by atoms with Gasteiger partial charge in [-0.3, -0.25) is 9.69 Å². The Morgan fingerprint density at radius 2 is 1.73 bits per heavy atom. The molecule has 0 atom stereocenters. The topological polar surface area (TPSA) is 48.0 Å². The van der Waals surface area contributed by atoms with Gasteiger partial charge in [0.15, 0.2) is 17.3 Å². The van der Waals surface area contributed by atoms with Crippen LogP contribution in [0, 0.1) is 0 Å². The summed E-state index contributed by atoms with van der Waals surface area (Å²) in [6, 6.07) is 3.61. The summed E-state index contributed by atoms with van der Waals surface area (Å²) in [6.07, 6.45) is 2.46. The molecule has 0 amide bonds. The van der Waals surface area contributed by atoms with E-state index in [1.165, 1.54) is 0 Å². The summed E-state index contributed by atoms with van der Waals surface area (Å²) in [5.74, 6) is 2.07. The molecule has 1 aromatic carbocycles. The second-order valence-electron chi connectivity index (χ2n) is 5.16. The number of benzene rings is 1. The zero-order valence-corrected chi connectivity index (χ0v) is 13.6. The van der Waals surface area contributed by atoms with Crippen molar-refractivity contribution in [2.45, 2.75) is 13.3 Å². The number of methoxy groups -OCH3 is 3. The van der Waals surface area contributed by atoms with Gasteiger partial charge in [-0.25, -0.2) is 0 Å². The Hall–Kier alpha value is -2.01. The van der Waals surface area contributed by atoms with E-state index in [0.717, 1.165) is 24.2 Å².